The molecule has 5 rings (SSSR count). The van der Waals surface area contributed by atoms with Crippen LogP contribution in [0.1, 0.15) is 68.1 Å². The summed E-state index contributed by atoms with van der Waals surface area (Å²) in [5.74, 6) is 0.503. The summed E-state index contributed by atoms with van der Waals surface area (Å²) in [5, 5.41) is 10.00. The minimum atomic E-state index is -4.52. The number of alkyl halides is 3. The van der Waals surface area contributed by atoms with Gasteiger partial charge in [-0.2, -0.15) is 13.2 Å². The quantitative estimate of drug-likeness (QED) is 0.413. The molecule has 2 aromatic rings. The number of rotatable bonds is 9. The van der Waals surface area contributed by atoms with E-state index in [1.54, 1.807) is 24.3 Å². The van der Waals surface area contributed by atoms with E-state index < -0.39 is 11.7 Å². The standard InChI is InChI=1S/C30H39F3N2O3/c31-30(32,33)25-20-22(9-12-27(25)38-28-8-2-1-7-26(28)35-15-5-6-16-35)19-23-10-11-24(36)21-29(23)37-18-17-34-13-3-4-14-34/h9-12,20-21,26,28,36H,1-8,13-19H2. The molecule has 2 aliphatic heterocycles. The van der Waals surface area contributed by atoms with Crippen LogP contribution in [0.3, 0.4) is 0 Å². The van der Waals surface area contributed by atoms with Crippen molar-refractivity contribution in [2.75, 3.05) is 39.3 Å². The fourth-order valence-corrected chi connectivity index (χ4v) is 6.21. The average molecular weight is 533 g/mol. The van der Waals surface area contributed by atoms with E-state index in [1.807, 2.05) is 0 Å². The van der Waals surface area contributed by atoms with Gasteiger partial charge in [-0.1, -0.05) is 18.6 Å². The largest absolute Gasteiger partial charge is 0.508 e. The van der Waals surface area contributed by atoms with Crippen molar-refractivity contribution in [3.8, 4) is 17.2 Å². The first kappa shape index (κ1) is 27.1. The van der Waals surface area contributed by atoms with Crippen molar-refractivity contribution in [3.63, 3.8) is 0 Å². The van der Waals surface area contributed by atoms with E-state index in [2.05, 4.69) is 9.80 Å². The van der Waals surface area contributed by atoms with Gasteiger partial charge in [-0.25, -0.2) is 0 Å². The Bertz CT molecular complexity index is 1070. The number of phenolic OH excluding ortho intramolecular Hbond substituents is 1. The monoisotopic (exact) mass is 532 g/mol. The summed E-state index contributed by atoms with van der Waals surface area (Å²) >= 11 is 0. The highest BCUT2D eigenvalue weighted by molar-refractivity contribution is 5.45. The van der Waals surface area contributed by atoms with Crippen molar-refractivity contribution in [3.05, 3.63) is 53.1 Å². The zero-order valence-electron chi connectivity index (χ0n) is 22.0. The van der Waals surface area contributed by atoms with Gasteiger partial charge in [0, 0.05) is 25.1 Å². The molecule has 1 saturated carbocycles. The molecule has 0 radical (unpaired) electrons. The fourth-order valence-electron chi connectivity index (χ4n) is 6.21. The number of ether oxygens (including phenoxy) is 2. The van der Waals surface area contributed by atoms with Crippen LogP contribution in [-0.2, 0) is 12.6 Å². The van der Waals surface area contributed by atoms with Gasteiger partial charge in [0.2, 0.25) is 0 Å². The van der Waals surface area contributed by atoms with E-state index in [0.717, 1.165) is 76.8 Å². The summed E-state index contributed by atoms with van der Waals surface area (Å²) in [7, 11) is 0. The van der Waals surface area contributed by atoms with Gasteiger partial charge >= 0.3 is 6.18 Å². The minimum Gasteiger partial charge on any atom is -0.508 e. The number of hydrogen-bond donors (Lipinski definition) is 1. The van der Waals surface area contributed by atoms with Gasteiger partial charge in [0.25, 0.3) is 0 Å². The molecule has 0 spiro atoms. The minimum absolute atomic E-state index is 0.0738. The van der Waals surface area contributed by atoms with Gasteiger partial charge in [0.05, 0.1) is 5.56 Å². The molecule has 0 bridgehead atoms. The molecule has 3 aliphatic rings. The number of nitrogens with zero attached hydrogens (tertiary/aromatic N) is 2. The van der Waals surface area contributed by atoms with Gasteiger partial charge in [-0.15, -0.1) is 0 Å². The second kappa shape index (κ2) is 12.2. The third-order valence-electron chi connectivity index (χ3n) is 8.21. The number of hydrogen-bond acceptors (Lipinski definition) is 5. The van der Waals surface area contributed by atoms with E-state index in [0.29, 0.717) is 17.9 Å². The molecular weight excluding hydrogens is 493 g/mol. The predicted octanol–water partition coefficient (Wildman–Crippen LogP) is 6.26. The first-order valence-electron chi connectivity index (χ1n) is 14.1. The van der Waals surface area contributed by atoms with Gasteiger partial charge in [-0.05, 0) is 100 Å². The van der Waals surface area contributed by atoms with Crippen LogP contribution in [0.5, 0.6) is 17.2 Å². The SMILES string of the molecule is Oc1ccc(Cc2ccc(OC3CCCCC3N3CCCC3)c(C(F)(F)F)c2)c(OCCN2CCCC2)c1. The van der Waals surface area contributed by atoms with Crippen LogP contribution in [0.15, 0.2) is 36.4 Å². The van der Waals surface area contributed by atoms with E-state index in [4.69, 9.17) is 9.47 Å². The lowest BCUT2D eigenvalue weighted by molar-refractivity contribution is -0.139. The van der Waals surface area contributed by atoms with Crippen LogP contribution in [-0.4, -0.2) is 66.4 Å². The van der Waals surface area contributed by atoms with Crippen molar-refractivity contribution in [2.24, 2.45) is 0 Å². The summed E-state index contributed by atoms with van der Waals surface area (Å²) in [4.78, 5) is 4.74. The van der Waals surface area contributed by atoms with E-state index in [9.17, 15) is 18.3 Å². The van der Waals surface area contributed by atoms with E-state index >= 15 is 0 Å². The average Bonchev–Trinajstić information content (AvgIpc) is 3.61. The van der Waals surface area contributed by atoms with Crippen LogP contribution >= 0.6 is 0 Å². The number of benzene rings is 2. The molecule has 0 aromatic heterocycles. The fraction of sp³-hybridized carbons (Fsp3) is 0.600. The summed E-state index contributed by atoms with van der Waals surface area (Å²) in [6.45, 7) is 5.39. The summed E-state index contributed by atoms with van der Waals surface area (Å²) in [6, 6.07) is 9.42. The molecule has 2 aromatic carbocycles. The Labute approximate surface area is 223 Å². The zero-order valence-corrected chi connectivity index (χ0v) is 22.0. The highest BCUT2D eigenvalue weighted by atomic mass is 19.4. The van der Waals surface area contributed by atoms with Gasteiger partial charge in [0.15, 0.2) is 0 Å². The van der Waals surface area contributed by atoms with Crippen molar-refractivity contribution in [1.82, 2.24) is 9.80 Å². The van der Waals surface area contributed by atoms with Crippen LogP contribution in [0.25, 0.3) is 0 Å². The normalized spacial score (nSPS) is 23.1. The molecule has 2 saturated heterocycles. The van der Waals surface area contributed by atoms with Crippen molar-refractivity contribution in [2.45, 2.75) is 76.1 Å². The second-order valence-electron chi connectivity index (χ2n) is 10.9. The highest BCUT2D eigenvalue weighted by Crippen LogP contribution is 2.40. The molecule has 38 heavy (non-hydrogen) atoms. The van der Waals surface area contributed by atoms with Crippen LogP contribution < -0.4 is 9.47 Å². The summed E-state index contributed by atoms with van der Waals surface area (Å²) in [5.41, 5.74) is 0.544. The smallest absolute Gasteiger partial charge is 0.419 e. The molecule has 1 N–H and O–H groups in total. The number of halogens is 3. The maximum atomic E-state index is 14.2. The molecule has 208 valence electrons. The Hall–Kier alpha value is -2.45. The Balaban J connectivity index is 1.32. The molecule has 1 aliphatic carbocycles. The Morgan fingerprint density at radius 1 is 0.842 bits per heavy atom. The molecular formula is C30H39F3N2O3. The van der Waals surface area contributed by atoms with E-state index in [-0.39, 0.29) is 30.1 Å². The Kier molecular flexibility index (Phi) is 8.68. The van der Waals surface area contributed by atoms with Crippen molar-refractivity contribution < 1.29 is 27.8 Å². The third kappa shape index (κ3) is 6.75. The predicted molar refractivity (Wildman–Crippen MR) is 141 cm³/mol. The molecule has 2 unspecified atom stereocenters. The molecule has 2 heterocycles. The lowest BCUT2D eigenvalue weighted by atomic mass is 9.91. The topological polar surface area (TPSA) is 45.2 Å². The second-order valence-corrected chi connectivity index (χ2v) is 10.9. The molecule has 8 heteroatoms. The third-order valence-corrected chi connectivity index (χ3v) is 8.21. The lowest BCUT2D eigenvalue weighted by Crippen LogP contribution is -2.46. The lowest BCUT2D eigenvalue weighted by Gasteiger charge is -2.38. The first-order valence-corrected chi connectivity index (χ1v) is 14.1. The van der Waals surface area contributed by atoms with Crippen molar-refractivity contribution in [1.29, 1.82) is 0 Å². The number of likely N-dealkylation sites (tertiary alicyclic amines) is 2. The van der Waals surface area contributed by atoms with Crippen molar-refractivity contribution >= 4 is 0 Å². The van der Waals surface area contributed by atoms with E-state index in [1.165, 1.54) is 25.0 Å². The Morgan fingerprint density at radius 3 is 2.34 bits per heavy atom. The maximum absolute atomic E-state index is 14.2. The number of aromatic hydroxyl groups is 1. The molecule has 3 fully saturated rings. The molecule has 0 amide bonds. The number of phenols is 1. The van der Waals surface area contributed by atoms with Crippen LogP contribution in [0.2, 0.25) is 0 Å². The summed E-state index contributed by atoms with van der Waals surface area (Å²) in [6.07, 6.45) is 4.04. The molecule has 2 atom stereocenters. The molecule has 5 nitrogen and oxygen atoms in total. The highest BCUT2D eigenvalue weighted by Gasteiger charge is 2.38. The van der Waals surface area contributed by atoms with Gasteiger partial charge < -0.3 is 14.6 Å². The van der Waals surface area contributed by atoms with Gasteiger partial charge in [-0.3, -0.25) is 9.80 Å². The summed E-state index contributed by atoms with van der Waals surface area (Å²) < 4.78 is 54.8. The van der Waals surface area contributed by atoms with Crippen LogP contribution in [0, 0.1) is 0 Å². The first-order chi connectivity index (χ1) is 18.4. The Morgan fingerprint density at radius 2 is 1.58 bits per heavy atom. The maximum Gasteiger partial charge on any atom is 0.419 e. The van der Waals surface area contributed by atoms with Crippen LogP contribution in [0.4, 0.5) is 13.2 Å². The zero-order chi connectivity index (χ0) is 26.5. The van der Waals surface area contributed by atoms with Gasteiger partial charge in [0.1, 0.15) is 30.0 Å².